The summed E-state index contributed by atoms with van der Waals surface area (Å²) in [5.74, 6) is 0.157. The number of benzene rings is 1. The van der Waals surface area contributed by atoms with Gasteiger partial charge >= 0.3 is 6.03 Å². The van der Waals surface area contributed by atoms with Gasteiger partial charge in [0.15, 0.2) is 5.96 Å². The minimum atomic E-state index is -0.428. The molecular formula is C15H21ClN4O. The Balaban J connectivity index is 1.93. The molecule has 1 aliphatic carbocycles. The molecule has 1 aromatic rings. The second-order valence-electron chi connectivity index (χ2n) is 5.32. The maximum Gasteiger partial charge on any atom is 0.326 e. The Morgan fingerprint density at radius 3 is 2.71 bits per heavy atom. The minimum absolute atomic E-state index is 0.157. The minimum Gasteiger partial charge on any atom is -0.370 e. The Morgan fingerprint density at radius 1 is 1.33 bits per heavy atom. The van der Waals surface area contributed by atoms with Crippen LogP contribution in [0, 0.1) is 6.92 Å². The van der Waals surface area contributed by atoms with Gasteiger partial charge in [-0.25, -0.2) is 9.79 Å². The molecule has 0 aromatic heterocycles. The zero-order valence-electron chi connectivity index (χ0n) is 12.2. The van der Waals surface area contributed by atoms with Gasteiger partial charge in [-0.05, 0) is 31.4 Å². The van der Waals surface area contributed by atoms with E-state index in [4.69, 9.17) is 17.3 Å². The van der Waals surface area contributed by atoms with Crippen LogP contribution in [0.3, 0.4) is 0 Å². The lowest BCUT2D eigenvalue weighted by molar-refractivity contribution is 0.256. The Labute approximate surface area is 130 Å². The normalized spacial score (nSPS) is 16.6. The van der Waals surface area contributed by atoms with Crippen LogP contribution in [0.5, 0.6) is 0 Å². The van der Waals surface area contributed by atoms with Gasteiger partial charge in [0.05, 0.1) is 16.8 Å². The number of nitrogens with one attached hydrogen (secondary N) is 2. The third-order valence-corrected chi connectivity index (χ3v) is 3.91. The van der Waals surface area contributed by atoms with Crippen LogP contribution in [0.1, 0.15) is 37.7 Å². The van der Waals surface area contributed by atoms with Gasteiger partial charge in [0.2, 0.25) is 0 Å². The van der Waals surface area contributed by atoms with Crippen LogP contribution >= 0.6 is 11.6 Å². The van der Waals surface area contributed by atoms with Gasteiger partial charge in [0, 0.05) is 0 Å². The number of urea groups is 1. The summed E-state index contributed by atoms with van der Waals surface area (Å²) in [6.07, 6.45) is 5.67. The van der Waals surface area contributed by atoms with Gasteiger partial charge in [0.1, 0.15) is 0 Å². The van der Waals surface area contributed by atoms with Crippen LogP contribution in [0.25, 0.3) is 0 Å². The number of aryl methyl sites for hydroxylation is 1. The highest BCUT2D eigenvalue weighted by Gasteiger charge is 2.14. The summed E-state index contributed by atoms with van der Waals surface area (Å²) < 4.78 is 0. The fourth-order valence-corrected chi connectivity index (χ4v) is 2.76. The highest BCUT2D eigenvalue weighted by molar-refractivity contribution is 6.34. The second kappa shape index (κ2) is 7.31. The monoisotopic (exact) mass is 308 g/mol. The lowest BCUT2D eigenvalue weighted by Gasteiger charge is -2.18. The van der Waals surface area contributed by atoms with Crippen LogP contribution in [0.2, 0.25) is 5.02 Å². The number of anilines is 1. The van der Waals surface area contributed by atoms with Crippen LogP contribution in [-0.2, 0) is 0 Å². The predicted molar refractivity (Wildman–Crippen MR) is 86.8 cm³/mol. The van der Waals surface area contributed by atoms with E-state index in [1.165, 1.54) is 19.3 Å². The van der Waals surface area contributed by atoms with E-state index in [0.717, 1.165) is 18.4 Å². The third-order valence-electron chi connectivity index (χ3n) is 3.60. The smallest absolute Gasteiger partial charge is 0.326 e. The van der Waals surface area contributed by atoms with Gasteiger partial charge in [-0.1, -0.05) is 43.0 Å². The van der Waals surface area contributed by atoms with E-state index in [0.29, 0.717) is 10.7 Å². The van der Waals surface area contributed by atoms with Crippen LogP contribution < -0.4 is 16.4 Å². The Kier molecular flexibility index (Phi) is 5.44. The molecule has 0 unspecified atom stereocenters. The topological polar surface area (TPSA) is 79.5 Å². The van der Waals surface area contributed by atoms with E-state index < -0.39 is 6.03 Å². The Hall–Kier alpha value is -1.75. The molecule has 0 radical (unpaired) electrons. The highest BCUT2D eigenvalue weighted by atomic mass is 35.5. The van der Waals surface area contributed by atoms with Crippen molar-refractivity contribution in [1.82, 2.24) is 5.32 Å². The molecule has 1 fully saturated rings. The number of amides is 2. The van der Waals surface area contributed by atoms with Crippen molar-refractivity contribution in [2.24, 2.45) is 10.7 Å². The van der Waals surface area contributed by atoms with Crippen molar-refractivity contribution in [1.29, 1.82) is 0 Å². The summed E-state index contributed by atoms with van der Waals surface area (Å²) >= 11 is 6.06. The first-order chi connectivity index (χ1) is 10.1. The maximum atomic E-state index is 11.9. The standard InChI is InChI=1S/C15H21ClN4O/c1-10-6-5-9-12(16)13(10)19-15(21)20-14(17)18-11-7-3-2-4-8-11/h5-6,9,11H,2-4,7-8H2,1H3,(H4,17,18,19,20,21). The van der Waals surface area contributed by atoms with E-state index in [1.807, 2.05) is 19.1 Å². The molecular weight excluding hydrogens is 288 g/mol. The molecule has 0 atom stereocenters. The number of carbonyl (C=O) groups excluding carboxylic acids is 1. The van der Waals surface area contributed by atoms with Crippen molar-refractivity contribution in [2.75, 3.05) is 5.32 Å². The summed E-state index contributed by atoms with van der Waals surface area (Å²) in [6.45, 7) is 1.88. The SMILES string of the molecule is Cc1cccc(Cl)c1NC(=O)NC(N)=NC1CCCCC1. The Morgan fingerprint density at radius 2 is 2.05 bits per heavy atom. The third kappa shape index (κ3) is 4.63. The fourth-order valence-electron chi connectivity index (χ4n) is 2.49. The number of carbonyl (C=O) groups is 1. The molecule has 0 heterocycles. The fraction of sp³-hybridized carbons (Fsp3) is 0.467. The molecule has 4 N–H and O–H groups in total. The summed E-state index contributed by atoms with van der Waals surface area (Å²) in [5.41, 5.74) is 7.25. The van der Waals surface area contributed by atoms with Gasteiger partial charge in [-0.2, -0.15) is 0 Å². The number of nitrogens with two attached hydrogens (primary N) is 1. The molecule has 6 heteroatoms. The first-order valence-electron chi connectivity index (χ1n) is 7.22. The number of hydrogen-bond acceptors (Lipinski definition) is 2. The van der Waals surface area contributed by atoms with E-state index >= 15 is 0 Å². The summed E-state index contributed by atoms with van der Waals surface area (Å²) in [4.78, 5) is 16.3. The molecule has 0 spiro atoms. The number of guanidine groups is 1. The van der Waals surface area contributed by atoms with Crippen molar-refractivity contribution in [3.63, 3.8) is 0 Å². The van der Waals surface area contributed by atoms with E-state index in [1.54, 1.807) is 6.07 Å². The number of hydrogen-bond donors (Lipinski definition) is 3. The molecule has 0 bridgehead atoms. The summed E-state index contributed by atoms with van der Waals surface area (Å²) in [6, 6.07) is 5.23. The second-order valence-corrected chi connectivity index (χ2v) is 5.72. The van der Waals surface area contributed by atoms with Crippen molar-refractivity contribution in [2.45, 2.75) is 45.1 Å². The molecule has 2 amide bonds. The highest BCUT2D eigenvalue weighted by Crippen LogP contribution is 2.25. The molecule has 1 aromatic carbocycles. The molecule has 0 saturated heterocycles. The average Bonchev–Trinajstić information content (AvgIpc) is 2.44. The lowest BCUT2D eigenvalue weighted by Crippen LogP contribution is -2.40. The van der Waals surface area contributed by atoms with Crippen molar-refractivity contribution < 1.29 is 4.79 Å². The molecule has 1 saturated carbocycles. The average molecular weight is 309 g/mol. The number of para-hydroxylation sites is 1. The predicted octanol–water partition coefficient (Wildman–Crippen LogP) is 3.42. The molecule has 1 aliphatic rings. The Bertz CT molecular complexity index is 518. The quantitative estimate of drug-likeness (QED) is 0.578. The number of nitrogens with zero attached hydrogens (tertiary/aromatic N) is 1. The first-order valence-corrected chi connectivity index (χ1v) is 7.60. The van der Waals surface area contributed by atoms with Gasteiger partial charge < -0.3 is 11.1 Å². The van der Waals surface area contributed by atoms with E-state index in [9.17, 15) is 4.79 Å². The summed E-state index contributed by atoms with van der Waals surface area (Å²) in [7, 11) is 0. The molecule has 2 rings (SSSR count). The van der Waals surface area contributed by atoms with Gasteiger partial charge in [-0.3, -0.25) is 5.32 Å². The van der Waals surface area contributed by atoms with Crippen LogP contribution in [0.4, 0.5) is 10.5 Å². The van der Waals surface area contributed by atoms with Gasteiger partial charge in [0.25, 0.3) is 0 Å². The number of rotatable bonds is 2. The van der Waals surface area contributed by atoms with Crippen LogP contribution in [-0.4, -0.2) is 18.0 Å². The molecule has 0 aliphatic heterocycles. The maximum absolute atomic E-state index is 11.9. The van der Waals surface area contributed by atoms with Gasteiger partial charge in [-0.15, -0.1) is 0 Å². The number of aliphatic imine (C=N–C) groups is 1. The van der Waals surface area contributed by atoms with Crippen molar-refractivity contribution >= 4 is 29.3 Å². The van der Waals surface area contributed by atoms with E-state index in [2.05, 4.69) is 15.6 Å². The van der Waals surface area contributed by atoms with Crippen molar-refractivity contribution in [3.05, 3.63) is 28.8 Å². The molecule has 5 nitrogen and oxygen atoms in total. The molecule has 114 valence electrons. The van der Waals surface area contributed by atoms with Crippen LogP contribution in [0.15, 0.2) is 23.2 Å². The first kappa shape index (κ1) is 15.6. The van der Waals surface area contributed by atoms with E-state index in [-0.39, 0.29) is 12.0 Å². The molecule has 21 heavy (non-hydrogen) atoms. The zero-order valence-corrected chi connectivity index (χ0v) is 12.9. The van der Waals surface area contributed by atoms with Crippen molar-refractivity contribution in [3.8, 4) is 0 Å². The summed E-state index contributed by atoms with van der Waals surface area (Å²) in [5, 5.41) is 5.75. The zero-order chi connectivity index (χ0) is 15.2. The largest absolute Gasteiger partial charge is 0.370 e. The lowest BCUT2D eigenvalue weighted by atomic mass is 9.96. The number of halogens is 1.